The number of aromatic nitrogens is 2. The number of rotatable bonds is 2. The molecule has 2 bridgehead atoms. The Bertz CT molecular complexity index is 1590. The highest BCUT2D eigenvalue weighted by Gasteiger charge is 2.71. The Morgan fingerprint density at radius 1 is 0.912 bits per heavy atom. The first-order chi connectivity index (χ1) is 16.5. The summed E-state index contributed by atoms with van der Waals surface area (Å²) in [6, 6.07) is 23.7. The van der Waals surface area contributed by atoms with Crippen LogP contribution in [0.1, 0.15) is 29.4 Å². The largest absolute Gasteiger partial charge is 0.340 e. The lowest BCUT2D eigenvalue weighted by atomic mass is 9.55. The van der Waals surface area contributed by atoms with Crippen LogP contribution in [0.3, 0.4) is 0 Å². The lowest BCUT2D eigenvalue weighted by Gasteiger charge is -2.57. The molecule has 0 unspecified atom stereocenters. The molecule has 0 radical (unpaired) electrons. The van der Waals surface area contributed by atoms with Crippen molar-refractivity contribution >= 4 is 28.4 Å². The molecule has 7 nitrogen and oxygen atoms in total. The van der Waals surface area contributed by atoms with Crippen molar-refractivity contribution in [2.24, 2.45) is 0 Å². The average Bonchev–Trinajstić information content (AvgIpc) is 3.13. The minimum Gasteiger partial charge on any atom is -0.340 e. The molecule has 2 amide bonds. The van der Waals surface area contributed by atoms with Gasteiger partial charge in [-0.15, -0.1) is 0 Å². The molecule has 4 aliphatic rings. The molecule has 1 aromatic heterocycles. The van der Waals surface area contributed by atoms with E-state index in [1.54, 1.807) is 18.2 Å². The monoisotopic (exact) mass is 448 g/mol. The minimum atomic E-state index is -1.24. The quantitative estimate of drug-likeness (QED) is 0.493. The van der Waals surface area contributed by atoms with Crippen molar-refractivity contribution < 1.29 is 9.59 Å². The van der Waals surface area contributed by atoms with E-state index in [9.17, 15) is 14.4 Å². The van der Waals surface area contributed by atoms with E-state index in [0.717, 1.165) is 16.8 Å². The van der Waals surface area contributed by atoms with Gasteiger partial charge in [-0.25, -0.2) is 4.98 Å². The molecular weight excluding hydrogens is 428 g/mol. The zero-order valence-electron chi connectivity index (χ0n) is 18.1. The molecule has 2 N–H and O–H groups in total. The van der Waals surface area contributed by atoms with Crippen LogP contribution in [0.2, 0.25) is 0 Å². The molecule has 1 spiro atoms. The van der Waals surface area contributed by atoms with Crippen molar-refractivity contribution in [3.05, 3.63) is 106 Å². The number of nitrogens with zero attached hydrogens (tertiary/aromatic N) is 2. The summed E-state index contributed by atoms with van der Waals surface area (Å²) in [5, 5.41) is 6.72. The number of fused-ring (bicyclic) bond motifs is 3. The molecule has 1 fully saturated rings. The summed E-state index contributed by atoms with van der Waals surface area (Å²) < 4.78 is 1.53. The fourth-order valence-corrected chi connectivity index (χ4v) is 6.27. The Kier molecular flexibility index (Phi) is 3.63. The zero-order valence-corrected chi connectivity index (χ0v) is 18.1. The number of hydrogen-bond acceptors (Lipinski definition) is 4. The number of para-hydroxylation sites is 2. The minimum absolute atomic E-state index is 0.178. The molecule has 5 heterocycles. The highest BCUT2D eigenvalue weighted by atomic mass is 16.2. The van der Waals surface area contributed by atoms with Crippen LogP contribution in [0.15, 0.2) is 83.7 Å². The summed E-state index contributed by atoms with van der Waals surface area (Å²) in [6.45, 7) is 0. The number of carbonyl (C=O) groups is 2. The molecule has 1 saturated heterocycles. The molecule has 3 atom stereocenters. The summed E-state index contributed by atoms with van der Waals surface area (Å²) >= 11 is 0. The van der Waals surface area contributed by atoms with E-state index >= 15 is 0 Å². The Morgan fingerprint density at radius 3 is 2.50 bits per heavy atom. The van der Waals surface area contributed by atoms with Gasteiger partial charge in [0.05, 0.1) is 10.9 Å². The third-order valence-electron chi connectivity index (χ3n) is 7.70. The van der Waals surface area contributed by atoms with Crippen LogP contribution >= 0.6 is 0 Å². The maximum atomic E-state index is 13.9. The predicted molar refractivity (Wildman–Crippen MR) is 126 cm³/mol. The molecule has 3 aromatic carbocycles. The fourth-order valence-electron chi connectivity index (χ4n) is 6.27. The summed E-state index contributed by atoms with van der Waals surface area (Å²) in [6.07, 6.45) is 0.514. The maximum absolute atomic E-state index is 13.9. The third kappa shape index (κ3) is 2.16. The van der Waals surface area contributed by atoms with Gasteiger partial charge in [-0.2, -0.15) is 0 Å². The topological polar surface area (TPSA) is 93.1 Å². The number of amides is 2. The molecular formula is C27H20N4O3. The van der Waals surface area contributed by atoms with E-state index < -0.39 is 17.0 Å². The second-order valence-electron chi connectivity index (χ2n) is 9.31. The second kappa shape index (κ2) is 6.41. The van der Waals surface area contributed by atoms with Crippen molar-refractivity contribution in [2.45, 2.75) is 29.8 Å². The number of nitrogens with one attached hydrogen (secondary N) is 2. The Labute approximate surface area is 194 Å². The van der Waals surface area contributed by atoms with Gasteiger partial charge < -0.3 is 10.6 Å². The highest BCUT2D eigenvalue weighted by Crippen LogP contribution is 2.59. The van der Waals surface area contributed by atoms with Crippen LogP contribution < -0.4 is 16.2 Å². The van der Waals surface area contributed by atoms with Crippen LogP contribution in [-0.2, 0) is 27.0 Å². The van der Waals surface area contributed by atoms with Crippen LogP contribution in [0.25, 0.3) is 10.9 Å². The van der Waals surface area contributed by atoms with Crippen LogP contribution in [0, 0.1) is 0 Å². The van der Waals surface area contributed by atoms with Crippen molar-refractivity contribution in [1.82, 2.24) is 14.9 Å². The summed E-state index contributed by atoms with van der Waals surface area (Å²) in [7, 11) is 0. The Hall–Kier alpha value is -4.26. The Morgan fingerprint density at radius 2 is 1.65 bits per heavy atom. The van der Waals surface area contributed by atoms with Gasteiger partial charge in [0.15, 0.2) is 0 Å². The van der Waals surface area contributed by atoms with Crippen molar-refractivity contribution in [2.75, 3.05) is 5.32 Å². The summed E-state index contributed by atoms with van der Waals surface area (Å²) in [5.41, 5.74) is 0.467. The van der Waals surface area contributed by atoms with Gasteiger partial charge in [-0.3, -0.25) is 19.0 Å². The number of piperidine rings is 1. The van der Waals surface area contributed by atoms with Gasteiger partial charge >= 0.3 is 0 Å². The van der Waals surface area contributed by atoms with Gasteiger partial charge in [-0.05, 0) is 35.7 Å². The van der Waals surface area contributed by atoms with Crippen molar-refractivity contribution in [3.8, 4) is 0 Å². The van der Waals surface area contributed by atoms with Gasteiger partial charge in [0.25, 0.3) is 5.56 Å². The summed E-state index contributed by atoms with van der Waals surface area (Å²) in [5.74, 6) is -0.00327. The van der Waals surface area contributed by atoms with Crippen molar-refractivity contribution in [3.63, 3.8) is 0 Å². The van der Waals surface area contributed by atoms with Crippen LogP contribution in [0.5, 0.6) is 0 Å². The van der Waals surface area contributed by atoms with E-state index in [-0.39, 0.29) is 23.8 Å². The SMILES string of the molecule is O=C1N[C@@]2(Cc3ccccc3)c3nc4ccccc4c(=O)n3[C@H]1C[C@]21C(=O)Nc2ccccc21. The standard InChI is InChI=1S/C27H20N4O3/c32-22-21-15-26(18-11-5-7-13-20(18)29-25(26)34)27(30-22,14-16-8-2-1-3-9-16)24-28-19-12-6-4-10-17(19)23(33)31(21)24/h1-13,21H,14-15H2,(H,29,34)(H,30,32)/t21-,26-,27-/m0/s1. The molecule has 34 heavy (non-hydrogen) atoms. The second-order valence-corrected chi connectivity index (χ2v) is 9.31. The molecule has 4 aromatic rings. The molecule has 0 saturated carbocycles. The first-order valence-electron chi connectivity index (χ1n) is 11.3. The normalized spacial score (nSPS) is 26.3. The van der Waals surface area contributed by atoms with E-state index in [4.69, 9.17) is 4.98 Å². The van der Waals surface area contributed by atoms with Gasteiger partial charge in [-0.1, -0.05) is 60.7 Å². The molecule has 4 aliphatic heterocycles. The average molecular weight is 448 g/mol. The van der Waals surface area contributed by atoms with Crippen molar-refractivity contribution in [1.29, 1.82) is 0 Å². The number of anilines is 1. The zero-order chi connectivity index (χ0) is 23.1. The third-order valence-corrected chi connectivity index (χ3v) is 7.70. The molecule has 8 rings (SSSR count). The first kappa shape index (κ1) is 19.2. The smallest absolute Gasteiger partial charge is 0.262 e. The van der Waals surface area contributed by atoms with Gasteiger partial charge in [0.2, 0.25) is 11.8 Å². The van der Waals surface area contributed by atoms with E-state index in [2.05, 4.69) is 10.6 Å². The number of hydrogen-bond donors (Lipinski definition) is 2. The lowest BCUT2D eigenvalue weighted by Crippen LogP contribution is -2.74. The van der Waals surface area contributed by atoms with Gasteiger partial charge in [0, 0.05) is 12.1 Å². The fraction of sp³-hybridized carbons (Fsp3) is 0.185. The predicted octanol–water partition coefficient (Wildman–Crippen LogP) is 2.80. The molecule has 166 valence electrons. The number of carbonyl (C=O) groups excluding carboxylic acids is 2. The molecule has 0 aliphatic carbocycles. The van der Waals surface area contributed by atoms with Crippen LogP contribution in [0.4, 0.5) is 5.69 Å². The van der Waals surface area contributed by atoms with E-state index in [1.807, 2.05) is 60.7 Å². The summed E-state index contributed by atoms with van der Waals surface area (Å²) in [4.78, 5) is 45.9. The Balaban J connectivity index is 1.62. The number of benzene rings is 3. The maximum Gasteiger partial charge on any atom is 0.262 e. The lowest BCUT2D eigenvalue weighted by molar-refractivity contribution is -0.143. The molecule has 7 heteroatoms. The van der Waals surface area contributed by atoms with Crippen LogP contribution in [-0.4, -0.2) is 21.4 Å². The van der Waals surface area contributed by atoms with E-state index in [0.29, 0.717) is 23.1 Å². The first-order valence-corrected chi connectivity index (χ1v) is 11.3. The van der Waals surface area contributed by atoms with Gasteiger partial charge in [0.1, 0.15) is 22.8 Å². The highest BCUT2D eigenvalue weighted by molar-refractivity contribution is 6.09. The van der Waals surface area contributed by atoms with E-state index in [1.165, 1.54) is 4.57 Å².